The van der Waals surface area contributed by atoms with E-state index in [0.29, 0.717) is 5.69 Å². The van der Waals surface area contributed by atoms with Crippen molar-refractivity contribution in [2.45, 2.75) is 19.4 Å². The number of fused-ring (bicyclic) bond motifs is 2. The van der Waals surface area contributed by atoms with Crippen LogP contribution >= 0.6 is 0 Å². The number of hydrogen-bond donors (Lipinski definition) is 1. The molecular formula is C19H19N3O2. The van der Waals surface area contributed by atoms with Gasteiger partial charge in [-0.15, -0.1) is 0 Å². The molecule has 2 heterocycles. The molecule has 0 saturated heterocycles. The van der Waals surface area contributed by atoms with Gasteiger partial charge in [-0.25, -0.2) is 0 Å². The van der Waals surface area contributed by atoms with Gasteiger partial charge in [0.2, 0.25) is 11.8 Å². The van der Waals surface area contributed by atoms with Crippen LogP contribution in [0.2, 0.25) is 0 Å². The molecule has 0 aromatic heterocycles. The van der Waals surface area contributed by atoms with Crippen molar-refractivity contribution in [3.05, 3.63) is 54.1 Å². The van der Waals surface area contributed by atoms with Crippen LogP contribution in [0.1, 0.15) is 12.5 Å². The van der Waals surface area contributed by atoms with Gasteiger partial charge in [0.25, 0.3) is 0 Å². The Morgan fingerprint density at radius 2 is 1.79 bits per heavy atom. The maximum absolute atomic E-state index is 13.1. The van der Waals surface area contributed by atoms with Gasteiger partial charge in [0.15, 0.2) is 0 Å². The summed E-state index contributed by atoms with van der Waals surface area (Å²) < 4.78 is 0. The Kier molecular flexibility index (Phi) is 3.49. The smallest absolute Gasteiger partial charge is 0.249 e. The SMILES string of the molecule is C[C@@H](C(=O)N1CC(=O)Nc2ccccc21)N1CCc2ccccc21. The highest BCUT2D eigenvalue weighted by Gasteiger charge is 2.34. The molecule has 0 unspecified atom stereocenters. The van der Waals surface area contributed by atoms with E-state index < -0.39 is 0 Å². The molecule has 0 saturated carbocycles. The molecule has 24 heavy (non-hydrogen) atoms. The van der Waals surface area contributed by atoms with Crippen molar-refractivity contribution < 1.29 is 9.59 Å². The zero-order valence-electron chi connectivity index (χ0n) is 13.5. The average molecular weight is 321 g/mol. The molecule has 122 valence electrons. The summed E-state index contributed by atoms with van der Waals surface area (Å²) in [6, 6.07) is 15.3. The molecule has 0 aliphatic carbocycles. The Hall–Kier alpha value is -2.82. The summed E-state index contributed by atoms with van der Waals surface area (Å²) in [5, 5.41) is 2.82. The molecule has 0 spiro atoms. The van der Waals surface area contributed by atoms with Crippen molar-refractivity contribution in [1.29, 1.82) is 0 Å². The first kappa shape index (κ1) is 14.8. The normalized spacial score (nSPS) is 17.1. The number of para-hydroxylation sites is 3. The summed E-state index contributed by atoms with van der Waals surface area (Å²) in [5.41, 5.74) is 3.85. The summed E-state index contributed by atoms with van der Waals surface area (Å²) in [7, 11) is 0. The number of nitrogens with one attached hydrogen (secondary N) is 1. The lowest BCUT2D eigenvalue weighted by atomic mass is 10.1. The van der Waals surface area contributed by atoms with Crippen LogP contribution in [-0.4, -0.2) is 30.9 Å². The van der Waals surface area contributed by atoms with Crippen LogP contribution in [-0.2, 0) is 16.0 Å². The highest BCUT2D eigenvalue weighted by molar-refractivity contribution is 6.11. The second-order valence-electron chi connectivity index (χ2n) is 6.24. The van der Waals surface area contributed by atoms with E-state index in [1.54, 1.807) is 4.90 Å². The molecular weight excluding hydrogens is 302 g/mol. The quantitative estimate of drug-likeness (QED) is 0.924. The molecule has 1 atom stereocenters. The van der Waals surface area contributed by atoms with Gasteiger partial charge in [-0.1, -0.05) is 30.3 Å². The third-order valence-corrected chi connectivity index (χ3v) is 4.78. The summed E-state index contributed by atoms with van der Waals surface area (Å²) in [5.74, 6) is -0.204. The predicted molar refractivity (Wildman–Crippen MR) is 94.4 cm³/mol. The monoisotopic (exact) mass is 321 g/mol. The molecule has 2 aliphatic rings. The van der Waals surface area contributed by atoms with Crippen molar-refractivity contribution in [2.75, 3.05) is 28.2 Å². The maximum Gasteiger partial charge on any atom is 0.249 e. The first-order chi connectivity index (χ1) is 11.6. The van der Waals surface area contributed by atoms with Gasteiger partial charge in [-0.05, 0) is 37.1 Å². The third kappa shape index (κ3) is 2.33. The summed E-state index contributed by atoms with van der Waals surface area (Å²) >= 11 is 0. The molecule has 2 aromatic carbocycles. The van der Waals surface area contributed by atoms with Crippen LogP contribution in [0.5, 0.6) is 0 Å². The fourth-order valence-electron chi connectivity index (χ4n) is 3.55. The number of hydrogen-bond acceptors (Lipinski definition) is 3. The lowest BCUT2D eigenvalue weighted by Gasteiger charge is -2.34. The van der Waals surface area contributed by atoms with Crippen molar-refractivity contribution >= 4 is 28.9 Å². The molecule has 5 heteroatoms. The van der Waals surface area contributed by atoms with Crippen LogP contribution in [0.4, 0.5) is 17.1 Å². The topological polar surface area (TPSA) is 52.7 Å². The van der Waals surface area contributed by atoms with E-state index in [0.717, 1.165) is 24.3 Å². The van der Waals surface area contributed by atoms with Gasteiger partial charge in [-0.3, -0.25) is 14.5 Å². The number of anilines is 3. The number of benzene rings is 2. The molecule has 0 radical (unpaired) electrons. The van der Waals surface area contributed by atoms with Crippen LogP contribution in [0, 0.1) is 0 Å². The van der Waals surface area contributed by atoms with Crippen molar-refractivity contribution in [2.24, 2.45) is 0 Å². The lowest BCUT2D eigenvalue weighted by Crippen LogP contribution is -2.51. The number of amides is 2. The molecule has 4 rings (SSSR count). The van der Waals surface area contributed by atoms with Crippen LogP contribution < -0.4 is 15.1 Å². The van der Waals surface area contributed by atoms with E-state index >= 15 is 0 Å². The van der Waals surface area contributed by atoms with E-state index in [1.165, 1.54) is 5.56 Å². The van der Waals surface area contributed by atoms with E-state index in [-0.39, 0.29) is 24.4 Å². The molecule has 2 aromatic rings. The number of nitrogens with zero attached hydrogens (tertiary/aromatic N) is 2. The lowest BCUT2D eigenvalue weighted by molar-refractivity contribution is -0.122. The Labute approximate surface area is 140 Å². The van der Waals surface area contributed by atoms with E-state index in [4.69, 9.17) is 0 Å². The third-order valence-electron chi connectivity index (χ3n) is 4.78. The van der Waals surface area contributed by atoms with Crippen LogP contribution in [0.25, 0.3) is 0 Å². The first-order valence-corrected chi connectivity index (χ1v) is 8.20. The Morgan fingerprint density at radius 3 is 2.62 bits per heavy atom. The van der Waals surface area contributed by atoms with E-state index in [9.17, 15) is 9.59 Å². The second-order valence-corrected chi connectivity index (χ2v) is 6.24. The van der Waals surface area contributed by atoms with Gasteiger partial charge in [0.1, 0.15) is 12.6 Å². The largest absolute Gasteiger partial charge is 0.359 e. The van der Waals surface area contributed by atoms with Crippen molar-refractivity contribution in [3.63, 3.8) is 0 Å². The number of carbonyl (C=O) groups excluding carboxylic acids is 2. The summed E-state index contributed by atoms with van der Waals surface area (Å²) in [6.45, 7) is 2.81. The first-order valence-electron chi connectivity index (χ1n) is 8.20. The Morgan fingerprint density at radius 1 is 1.08 bits per heavy atom. The maximum atomic E-state index is 13.1. The average Bonchev–Trinajstić information content (AvgIpc) is 3.03. The van der Waals surface area contributed by atoms with Gasteiger partial charge >= 0.3 is 0 Å². The highest BCUT2D eigenvalue weighted by Crippen LogP contribution is 2.33. The Bertz CT molecular complexity index is 818. The molecule has 5 nitrogen and oxygen atoms in total. The minimum absolute atomic E-state index is 0.0472. The molecule has 0 fully saturated rings. The zero-order chi connectivity index (χ0) is 16.7. The van der Waals surface area contributed by atoms with Gasteiger partial charge in [0.05, 0.1) is 11.4 Å². The van der Waals surface area contributed by atoms with Crippen molar-refractivity contribution in [1.82, 2.24) is 0 Å². The minimum Gasteiger partial charge on any atom is -0.359 e. The highest BCUT2D eigenvalue weighted by atomic mass is 16.2. The molecule has 1 N–H and O–H groups in total. The molecule has 0 bridgehead atoms. The fourth-order valence-corrected chi connectivity index (χ4v) is 3.55. The predicted octanol–water partition coefficient (Wildman–Crippen LogP) is 2.42. The van der Waals surface area contributed by atoms with Crippen LogP contribution in [0.3, 0.4) is 0 Å². The fraction of sp³-hybridized carbons (Fsp3) is 0.263. The standard InChI is InChI=1S/C19H19N3O2/c1-13(21-11-10-14-6-2-4-8-16(14)21)19(24)22-12-18(23)20-15-7-3-5-9-17(15)22/h2-9,13H,10-12H2,1H3,(H,20,23)/t13-/m0/s1. The van der Waals surface area contributed by atoms with Gasteiger partial charge in [-0.2, -0.15) is 0 Å². The van der Waals surface area contributed by atoms with E-state index in [1.807, 2.05) is 43.3 Å². The molecule has 2 aliphatic heterocycles. The number of rotatable bonds is 2. The van der Waals surface area contributed by atoms with E-state index in [2.05, 4.69) is 22.3 Å². The molecule has 2 amide bonds. The summed E-state index contributed by atoms with van der Waals surface area (Å²) in [6.07, 6.45) is 0.949. The zero-order valence-corrected chi connectivity index (χ0v) is 13.5. The van der Waals surface area contributed by atoms with Gasteiger partial charge in [0, 0.05) is 12.2 Å². The Balaban J connectivity index is 1.64. The van der Waals surface area contributed by atoms with Crippen LogP contribution in [0.15, 0.2) is 48.5 Å². The van der Waals surface area contributed by atoms with Crippen molar-refractivity contribution in [3.8, 4) is 0 Å². The second kappa shape index (κ2) is 5.67. The minimum atomic E-state index is -0.312. The number of carbonyl (C=O) groups is 2. The van der Waals surface area contributed by atoms with Gasteiger partial charge < -0.3 is 10.2 Å². The summed E-state index contributed by atoms with van der Waals surface area (Å²) in [4.78, 5) is 28.8.